The van der Waals surface area contributed by atoms with Crippen LogP contribution < -0.4 is 5.32 Å². The van der Waals surface area contributed by atoms with E-state index in [-0.39, 0.29) is 5.82 Å². The highest BCUT2D eigenvalue weighted by Crippen LogP contribution is 2.30. The maximum atomic E-state index is 13.1. The molecule has 2 aromatic carbocycles. The molecule has 0 aromatic heterocycles. The first-order valence-corrected chi connectivity index (χ1v) is 6.84. The summed E-state index contributed by atoms with van der Waals surface area (Å²) in [4.78, 5) is 0. The summed E-state index contributed by atoms with van der Waals surface area (Å²) in [6, 6.07) is 12.6. The molecule has 0 heterocycles. The van der Waals surface area contributed by atoms with Crippen molar-refractivity contribution >= 4 is 11.6 Å². The van der Waals surface area contributed by atoms with Crippen molar-refractivity contribution in [1.29, 1.82) is 0 Å². The molecule has 0 aliphatic rings. The molecule has 2 rings (SSSR count). The fourth-order valence-corrected chi connectivity index (χ4v) is 2.31. The Kier molecular flexibility index (Phi) is 4.94. The molecular weight excluding hydrogens is 261 g/mol. The van der Waals surface area contributed by atoms with Crippen molar-refractivity contribution < 1.29 is 4.39 Å². The molecule has 0 spiro atoms. The smallest absolute Gasteiger partial charge is 0.124 e. The minimum absolute atomic E-state index is 0.310. The molecule has 0 saturated carbocycles. The Bertz CT molecular complexity index is 554. The molecule has 0 amide bonds. The van der Waals surface area contributed by atoms with Gasteiger partial charge in [0.25, 0.3) is 0 Å². The van der Waals surface area contributed by atoms with Gasteiger partial charge in [-0.1, -0.05) is 42.8 Å². The van der Waals surface area contributed by atoms with Gasteiger partial charge in [0, 0.05) is 12.1 Å². The highest BCUT2D eigenvalue weighted by atomic mass is 35.5. The second-order valence-electron chi connectivity index (χ2n) is 4.46. The van der Waals surface area contributed by atoms with Gasteiger partial charge in [0.05, 0.1) is 5.02 Å². The predicted molar refractivity (Wildman–Crippen MR) is 78.8 cm³/mol. The molecule has 2 aromatic rings. The van der Waals surface area contributed by atoms with Crippen LogP contribution in [0.4, 0.5) is 4.39 Å². The lowest BCUT2D eigenvalue weighted by molar-refractivity contribution is 0.628. The summed E-state index contributed by atoms with van der Waals surface area (Å²) >= 11 is 6.14. The van der Waals surface area contributed by atoms with Crippen molar-refractivity contribution in [2.75, 3.05) is 6.54 Å². The maximum absolute atomic E-state index is 13.1. The van der Waals surface area contributed by atoms with E-state index in [9.17, 15) is 4.39 Å². The number of rotatable bonds is 5. The third-order valence-electron chi connectivity index (χ3n) is 2.98. The quantitative estimate of drug-likeness (QED) is 0.785. The van der Waals surface area contributed by atoms with Gasteiger partial charge in [-0.25, -0.2) is 4.39 Å². The molecule has 100 valence electrons. The van der Waals surface area contributed by atoms with E-state index in [1.807, 2.05) is 18.2 Å². The normalized spacial score (nSPS) is 10.7. The van der Waals surface area contributed by atoms with Gasteiger partial charge in [0.1, 0.15) is 5.82 Å². The van der Waals surface area contributed by atoms with Crippen molar-refractivity contribution in [3.05, 3.63) is 58.9 Å². The average Bonchev–Trinajstić information content (AvgIpc) is 2.40. The Hall–Kier alpha value is -1.38. The highest BCUT2D eigenvalue weighted by Gasteiger charge is 2.08. The van der Waals surface area contributed by atoms with Crippen LogP contribution in [0.25, 0.3) is 11.1 Å². The van der Waals surface area contributed by atoms with Crippen molar-refractivity contribution in [3.63, 3.8) is 0 Å². The minimum atomic E-state index is -0.310. The molecule has 0 fully saturated rings. The summed E-state index contributed by atoms with van der Waals surface area (Å²) < 4.78 is 13.1. The number of halogens is 2. The number of hydrogen-bond acceptors (Lipinski definition) is 1. The summed E-state index contributed by atoms with van der Waals surface area (Å²) in [5.41, 5.74) is 3.09. The topological polar surface area (TPSA) is 12.0 Å². The van der Waals surface area contributed by atoms with Gasteiger partial charge in [-0.15, -0.1) is 0 Å². The lowest BCUT2D eigenvalue weighted by Crippen LogP contribution is -2.14. The minimum Gasteiger partial charge on any atom is -0.313 e. The SMILES string of the molecule is CCCNCc1ccccc1-c1ccc(F)cc1Cl. The van der Waals surface area contributed by atoms with Gasteiger partial charge < -0.3 is 5.32 Å². The maximum Gasteiger partial charge on any atom is 0.124 e. The van der Waals surface area contributed by atoms with Gasteiger partial charge in [-0.05, 0) is 42.3 Å². The largest absolute Gasteiger partial charge is 0.313 e. The Morgan fingerprint density at radius 1 is 1.11 bits per heavy atom. The van der Waals surface area contributed by atoms with Gasteiger partial charge >= 0.3 is 0 Å². The molecule has 0 bridgehead atoms. The zero-order chi connectivity index (χ0) is 13.7. The second kappa shape index (κ2) is 6.69. The summed E-state index contributed by atoms with van der Waals surface area (Å²) in [6.45, 7) is 3.90. The van der Waals surface area contributed by atoms with Crippen LogP contribution >= 0.6 is 11.6 Å². The average molecular weight is 278 g/mol. The summed E-state index contributed by atoms with van der Waals surface area (Å²) in [6.07, 6.45) is 1.10. The molecule has 19 heavy (non-hydrogen) atoms. The van der Waals surface area contributed by atoms with E-state index in [4.69, 9.17) is 11.6 Å². The molecule has 0 atom stereocenters. The van der Waals surface area contributed by atoms with Gasteiger partial charge in [-0.2, -0.15) is 0 Å². The van der Waals surface area contributed by atoms with Crippen LogP contribution in [-0.2, 0) is 6.54 Å². The summed E-state index contributed by atoms with van der Waals surface area (Å²) in [5.74, 6) is -0.310. The van der Waals surface area contributed by atoms with E-state index in [1.54, 1.807) is 6.07 Å². The van der Waals surface area contributed by atoms with Crippen LogP contribution in [0, 0.1) is 5.82 Å². The van der Waals surface area contributed by atoms with Crippen LogP contribution in [0.15, 0.2) is 42.5 Å². The third kappa shape index (κ3) is 3.55. The van der Waals surface area contributed by atoms with Crippen LogP contribution in [0.1, 0.15) is 18.9 Å². The van der Waals surface area contributed by atoms with E-state index in [1.165, 1.54) is 17.7 Å². The zero-order valence-electron chi connectivity index (χ0n) is 10.9. The van der Waals surface area contributed by atoms with Crippen molar-refractivity contribution in [2.45, 2.75) is 19.9 Å². The van der Waals surface area contributed by atoms with E-state index in [0.29, 0.717) is 5.02 Å². The van der Waals surface area contributed by atoms with Gasteiger partial charge in [0.15, 0.2) is 0 Å². The molecule has 1 N–H and O–H groups in total. The first-order valence-electron chi connectivity index (χ1n) is 6.46. The molecule has 0 aliphatic carbocycles. The van der Waals surface area contributed by atoms with Crippen LogP contribution in [0.5, 0.6) is 0 Å². The van der Waals surface area contributed by atoms with Crippen molar-refractivity contribution in [2.24, 2.45) is 0 Å². The first kappa shape index (κ1) is 14.0. The van der Waals surface area contributed by atoms with Crippen molar-refractivity contribution in [1.82, 2.24) is 5.32 Å². The highest BCUT2D eigenvalue weighted by molar-refractivity contribution is 6.33. The van der Waals surface area contributed by atoms with Crippen LogP contribution in [-0.4, -0.2) is 6.54 Å². The molecule has 1 nitrogen and oxygen atoms in total. The Morgan fingerprint density at radius 3 is 2.63 bits per heavy atom. The molecule has 0 unspecified atom stereocenters. The Labute approximate surface area is 118 Å². The van der Waals surface area contributed by atoms with E-state index in [0.717, 1.165) is 30.6 Å². The first-order chi connectivity index (χ1) is 9.22. The monoisotopic (exact) mass is 277 g/mol. The lowest BCUT2D eigenvalue weighted by atomic mass is 9.99. The predicted octanol–water partition coefficient (Wildman–Crippen LogP) is 4.65. The summed E-state index contributed by atoms with van der Waals surface area (Å²) in [5, 5.41) is 3.82. The molecule has 0 radical (unpaired) electrons. The fourth-order valence-electron chi connectivity index (χ4n) is 2.04. The molecule has 0 saturated heterocycles. The molecular formula is C16H17ClFN. The third-order valence-corrected chi connectivity index (χ3v) is 3.29. The van der Waals surface area contributed by atoms with Crippen molar-refractivity contribution in [3.8, 4) is 11.1 Å². The van der Waals surface area contributed by atoms with E-state index in [2.05, 4.69) is 18.3 Å². The molecule has 3 heteroatoms. The van der Waals surface area contributed by atoms with Crippen LogP contribution in [0.2, 0.25) is 5.02 Å². The van der Waals surface area contributed by atoms with Crippen LogP contribution in [0.3, 0.4) is 0 Å². The zero-order valence-corrected chi connectivity index (χ0v) is 11.7. The standard InChI is InChI=1S/C16H17ClFN/c1-2-9-19-11-12-5-3-4-6-14(12)15-8-7-13(18)10-16(15)17/h3-8,10,19H,2,9,11H2,1H3. The van der Waals surface area contributed by atoms with Gasteiger partial charge in [0.2, 0.25) is 0 Å². The Balaban J connectivity index is 2.33. The van der Waals surface area contributed by atoms with Gasteiger partial charge in [-0.3, -0.25) is 0 Å². The fraction of sp³-hybridized carbons (Fsp3) is 0.250. The molecule has 0 aliphatic heterocycles. The Morgan fingerprint density at radius 2 is 1.89 bits per heavy atom. The number of nitrogens with one attached hydrogen (secondary N) is 1. The number of hydrogen-bond donors (Lipinski definition) is 1. The van der Waals surface area contributed by atoms with E-state index >= 15 is 0 Å². The van der Waals surface area contributed by atoms with E-state index < -0.39 is 0 Å². The second-order valence-corrected chi connectivity index (χ2v) is 4.87. The summed E-state index contributed by atoms with van der Waals surface area (Å²) in [7, 11) is 0. The lowest BCUT2D eigenvalue weighted by Gasteiger charge is -2.12. The number of benzene rings is 2.